The number of para-hydroxylation sites is 1. The summed E-state index contributed by atoms with van der Waals surface area (Å²) in [6.07, 6.45) is -0.911. The van der Waals surface area contributed by atoms with E-state index >= 15 is 8.78 Å². The van der Waals surface area contributed by atoms with Crippen molar-refractivity contribution in [2.24, 2.45) is 18.9 Å². The molecule has 0 radical (unpaired) electrons. The largest absolute Gasteiger partial charge is 0.374 e. The molecule has 3 saturated carbocycles. The second-order valence-electron chi connectivity index (χ2n) is 17.6. The molecule has 0 bridgehead atoms. The molecule has 20 heteroatoms. The summed E-state index contributed by atoms with van der Waals surface area (Å²) in [4.78, 5) is 18.9. The number of fused-ring (bicyclic) bond motifs is 2. The number of hydrogen-bond donors (Lipinski definition) is 4. The number of carbonyl (C=O) groups excluding carboxylic acids is 1. The Labute approximate surface area is 360 Å². The van der Waals surface area contributed by atoms with Crippen molar-refractivity contribution in [1.82, 2.24) is 25.4 Å². The Morgan fingerprint density at radius 3 is 2.25 bits per heavy atom. The van der Waals surface area contributed by atoms with Crippen molar-refractivity contribution in [2.75, 3.05) is 11.3 Å². The number of benzene rings is 2. The molecule has 0 aliphatic heterocycles. The number of nitrogens with zero attached hydrogens (tertiary/aromatic N) is 3. The first kappa shape index (κ1) is 44.6. The van der Waals surface area contributed by atoms with Crippen LogP contribution >= 0.6 is 0 Å². The molecule has 3 atom stereocenters. The van der Waals surface area contributed by atoms with Gasteiger partial charge in [-0.05, 0) is 107 Å². The van der Waals surface area contributed by atoms with Gasteiger partial charge in [-0.3, -0.25) is 24.6 Å². The van der Waals surface area contributed by atoms with Gasteiger partial charge >= 0.3 is 0 Å². The van der Waals surface area contributed by atoms with Crippen LogP contribution in [0.5, 0.6) is 0 Å². The lowest BCUT2D eigenvalue weighted by Gasteiger charge is -2.35. The van der Waals surface area contributed by atoms with Gasteiger partial charge in [-0.25, -0.2) is 34.4 Å². The zero-order valence-electron chi connectivity index (χ0n) is 34.6. The third-order valence-corrected chi connectivity index (χ3v) is 17.7. The molecular weight excluding hydrogens is 873 g/mol. The van der Waals surface area contributed by atoms with Gasteiger partial charge in [0.25, 0.3) is 12.3 Å². The molecule has 3 fully saturated rings. The van der Waals surface area contributed by atoms with E-state index < -0.39 is 106 Å². The number of aryl methyl sites for hydroxylation is 2. The maximum absolute atomic E-state index is 15.6. The quantitative estimate of drug-likeness (QED) is 0.0594. The van der Waals surface area contributed by atoms with Crippen LogP contribution in [0.3, 0.4) is 0 Å². The van der Waals surface area contributed by atoms with Gasteiger partial charge in [0.1, 0.15) is 17.3 Å². The minimum Gasteiger partial charge on any atom is -0.374 e. The van der Waals surface area contributed by atoms with E-state index in [0.717, 1.165) is 12.1 Å². The molecule has 1 amide bonds. The molecule has 0 unspecified atom stereocenters. The number of halogens is 6. The second kappa shape index (κ2) is 16.2. The van der Waals surface area contributed by atoms with Gasteiger partial charge in [-0.1, -0.05) is 18.2 Å². The van der Waals surface area contributed by atoms with Crippen LogP contribution in [-0.2, 0) is 44.5 Å². The van der Waals surface area contributed by atoms with Crippen LogP contribution in [-0.4, -0.2) is 77.4 Å². The van der Waals surface area contributed by atoms with Crippen LogP contribution in [0.15, 0.2) is 59.8 Å². The van der Waals surface area contributed by atoms with Gasteiger partial charge in [0, 0.05) is 46.8 Å². The molecule has 12 nitrogen and oxygen atoms in total. The third kappa shape index (κ3) is 8.56. The third-order valence-electron chi connectivity index (χ3n) is 12.7. The smallest absolute Gasteiger partial charge is 0.290 e. The molecule has 0 spiro atoms. The molecule has 2 aromatic heterocycles. The SMILES string of the molecule is Cn1nc(NS(=O)(=O)C2CC2)c2cccc(-c3ccc(CCC(C)(C)S(=O)(=O)C4CC4)nc3[C@H](Cc3cc(F)cc(F)c3)NC(=O)CNC3=C(C(=N)C(F)F)[C@H]4CC[C@H]4C3(F)F)c21. The highest BCUT2D eigenvalue weighted by molar-refractivity contribution is 7.93. The number of anilines is 1. The summed E-state index contributed by atoms with van der Waals surface area (Å²) in [5.41, 5.74) is -0.823. The monoisotopic (exact) mass is 919 g/mol. The minimum absolute atomic E-state index is 0.0487. The highest BCUT2D eigenvalue weighted by atomic mass is 32.2. The Bertz CT molecular complexity index is 2750. The first-order valence-electron chi connectivity index (χ1n) is 20.8. The van der Waals surface area contributed by atoms with Gasteiger partial charge in [0.15, 0.2) is 15.7 Å². The fourth-order valence-corrected chi connectivity index (χ4v) is 12.3. The lowest BCUT2D eigenvalue weighted by atomic mass is 9.71. The van der Waals surface area contributed by atoms with Crippen molar-refractivity contribution < 1.29 is 48.0 Å². The number of nitrogens with one attached hydrogen (secondary N) is 4. The standard InChI is InChI=1S/C43H47F6N7O5S2/c1-42(2,62(58,59)26-8-9-26)16-15-25-7-12-28(29-5-4-6-31-38(29)56(3)54-41(31)55-63(60,61)27-10-11-27)37(52-25)33(19-22-17-23(44)20-24(45)18-22)53-34(57)21-51-39-35(36(50)40(46)47)30-13-14-32(30)43(39,48)49/h4-7,12,17-18,20,26-27,30,32-33,40,50-51H,8-11,13-16,19,21H2,1-3H3,(H,53,57)(H,54,55)/t30-,32+,33-/m0/s1. The predicted octanol–water partition coefficient (Wildman–Crippen LogP) is 7.31. The number of sulfone groups is 1. The maximum Gasteiger partial charge on any atom is 0.290 e. The maximum atomic E-state index is 15.6. The summed E-state index contributed by atoms with van der Waals surface area (Å²) in [7, 11) is -5.63. The van der Waals surface area contributed by atoms with Gasteiger partial charge in [-0.2, -0.15) is 13.9 Å². The molecule has 4 aliphatic rings. The Morgan fingerprint density at radius 1 is 0.952 bits per heavy atom. The Morgan fingerprint density at radius 2 is 1.63 bits per heavy atom. The zero-order valence-corrected chi connectivity index (χ0v) is 36.3. The van der Waals surface area contributed by atoms with Crippen molar-refractivity contribution in [3.05, 3.63) is 88.4 Å². The first-order valence-corrected chi connectivity index (χ1v) is 23.9. The van der Waals surface area contributed by atoms with Crippen molar-refractivity contribution >= 4 is 48.2 Å². The van der Waals surface area contributed by atoms with Gasteiger partial charge < -0.3 is 10.6 Å². The number of rotatable bonds is 18. The fourth-order valence-electron chi connectivity index (χ4n) is 8.87. The van der Waals surface area contributed by atoms with E-state index in [2.05, 4.69) is 20.5 Å². The number of amides is 1. The Balaban J connectivity index is 1.21. The highest BCUT2D eigenvalue weighted by Gasteiger charge is 2.61. The van der Waals surface area contributed by atoms with Crippen molar-refractivity contribution in [1.29, 1.82) is 5.41 Å². The minimum atomic E-state index is -3.74. The second-order valence-corrected chi connectivity index (χ2v) is 22.5. The van der Waals surface area contributed by atoms with E-state index in [0.29, 0.717) is 59.5 Å². The normalized spacial score (nSPS) is 20.4. The number of allylic oxidation sites excluding steroid dienone is 2. The van der Waals surface area contributed by atoms with Gasteiger partial charge in [-0.15, -0.1) is 0 Å². The first-order chi connectivity index (χ1) is 29.6. The summed E-state index contributed by atoms with van der Waals surface area (Å²) in [6.45, 7) is 2.43. The number of carbonyl (C=O) groups is 1. The van der Waals surface area contributed by atoms with Crippen molar-refractivity contribution in [2.45, 2.75) is 105 Å². The average molecular weight is 920 g/mol. The number of sulfonamides is 1. The summed E-state index contributed by atoms with van der Waals surface area (Å²) < 4.78 is 144. The van der Waals surface area contributed by atoms with E-state index in [1.165, 1.54) is 4.68 Å². The van der Waals surface area contributed by atoms with Gasteiger partial charge in [0.05, 0.1) is 44.7 Å². The summed E-state index contributed by atoms with van der Waals surface area (Å²) in [5, 5.41) is 17.0. The number of hydrogen-bond acceptors (Lipinski definition) is 9. The Kier molecular flexibility index (Phi) is 11.5. The van der Waals surface area contributed by atoms with Crippen molar-refractivity contribution in [3.63, 3.8) is 0 Å². The summed E-state index contributed by atoms with van der Waals surface area (Å²) >= 11 is 0. The Hall–Kier alpha value is -4.98. The molecule has 2 aromatic carbocycles. The fraction of sp³-hybridized carbons (Fsp3) is 0.488. The molecule has 0 saturated heterocycles. The number of pyridine rings is 1. The van der Waals surface area contributed by atoms with Crippen LogP contribution in [0, 0.1) is 28.9 Å². The average Bonchev–Trinajstić information content (AvgIpc) is 4.11. The topological polar surface area (TPSA) is 176 Å². The number of alkyl halides is 4. The molecular formula is C43H47F6N7O5S2. The van der Waals surface area contributed by atoms with E-state index in [1.54, 1.807) is 51.2 Å². The van der Waals surface area contributed by atoms with Crippen molar-refractivity contribution in [3.8, 4) is 11.1 Å². The van der Waals surface area contributed by atoms with Gasteiger partial charge in [0.2, 0.25) is 15.9 Å². The molecule has 4 aromatic rings. The van der Waals surface area contributed by atoms with Crippen LogP contribution in [0.25, 0.3) is 22.0 Å². The zero-order chi connectivity index (χ0) is 45.4. The van der Waals surface area contributed by atoms with Crippen LogP contribution in [0.4, 0.5) is 32.2 Å². The van der Waals surface area contributed by atoms with Crippen LogP contribution < -0.4 is 15.4 Å². The van der Waals surface area contributed by atoms with E-state index in [1.807, 2.05) is 0 Å². The molecule has 338 valence electrons. The van der Waals surface area contributed by atoms with Crippen LogP contribution in [0.1, 0.15) is 81.8 Å². The van der Waals surface area contributed by atoms with Crippen LogP contribution in [0.2, 0.25) is 0 Å². The molecule has 4 N–H and O–H groups in total. The molecule has 8 rings (SSSR count). The lowest BCUT2D eigenvalue weighted by molar-refractivity contribution is -0.121. The van der Waals surface area contributed by atoms with E-state index in [-0.39, 0.29) is 49.2 Å². The number of aromatic nitrogens is 3. The predicted molar refractivity (Wildman–Crippen MR) is 225 cm³/mol. The van der Waals surface area contributed by atoms with E-state index in [4.69, 9.17) is 10.4 Å². The summed E-state index contributed by atoms with van der Waals surface area (Å²) in [6, 6.07) is 9.90. The summed E-state index contributed by atoms with van der Waals surface area (Å²) in [5.74, 6) is -8.58. The molecule has 2 heterocycles. The molecule has 4 aliphatic carbocycles. The molecule has 63 heavy (non-hydrogen) atoms. The van der Waals surface area contributed by atoms with E-state index in [9.17, 15) is 39.2 Å². The highest BCUT2D eigenvalue weighted by Crippen LogP contribution is 2.58. The lowest BCUT2D eigenvalue weighted by Crippen LogP contribution is -2.42.